The minimum atomic E-state index is -0.984. The molecule has 1 saturated carbocycles. The maximum absolute atomic E-state index is 11.6. The van der Waals surface area contributed by atoms with E-state index in [1.807, 2.05) is 0 Å². The van der Waals surface area contributed by atoms with Crippen molar-refractivity contribution in [3.63, 3.8) is 0 Å². The molecule has 0 aliphatic heterocycles. The molecule has 100 valence electrons. The van der Waals surface area contributed by atoms with Gasteiger partial charge in [-0.05, 0) is 19.8 Å². The van der Waals surface area contributed by atoms with Crippen LogP contribution in [-0.4, -0.2) is 47.9 Å². The van der Waals surface area contributed by atoms with Gasteiger partial charge in [0.05, 0.1) is 12.4 Å². The van der Waals surface area contributed by atoms with Crippen molar-refractivity contribution in [1.29, 1.82) is 0 Å². The molecule has 1 atom stereocenters. The van der Waals surface area contributed by atoms with Crippen molar-refractivity contribution < 1.29 is 14.6 Å². The summed E-state index contributed by atoms with van der Waals surface area (Å²) in [6.45, 7) is 2.12. The molecule has 5 heteroatoms. The van der Waals surface area contributed by atoms with Gasteiger partial charge in [0.15, 0.2) is 0 Å². The Kier molecular flexibility index (Phi) is 6.30. The van der Waals surface area contributed by atoms with E-state index in [0.29, 0.717) is 11.0 Å². The van der Waals surface area contributed by atoms with Gasteiger partial charge in [-0.2, -0.15) is 0 Å². The highest BCUT2D eigenvalue weighted by Crippen LogP contribution is 2.28. The van der Waals surface area contributed by atoms with E-state index >= 15 is 0 Å². The summed E-state index contributed by atoms with van der Waals surface area (Å²) in [4.78, 5) is 11.6. The van der Waals surface area contributed by atoms with Crippen LogP contribution in [0.15, 0.2) is 0 Å². The van der Waals surface area contributed by atoms with Gasteiger partial charge in [-0.25, -0.2) is 0 Å². The molecule has 0 aromatic rings. The van der Waals surface area contributed by atoms with Gasteiger partial charge < -0.3 is 15.2 Å². The summed E-state index contributed by atoms with van der Waals surface area (Å²) in [5, 5.41) is 13.2. The first-order valence-corrected chi connectivity index (χ1v) is 7.18. The number of rotatable bonds is 7. The number of thioether (sulfide) groups is 1. The zero-order valence-corrected chi connectivity index (χ0v) is 11.5. The molecule has 2 N–H and O–H groups in total. The lowest BCUT2D eigenvalue weighted by atomic mass is 10.1. The first-order valence-electron chi connectivity index (χ1n) is 6.13. The summed E-state index contributed by atoms with van der Waals surface area (Å²) in [7, 11) is 1.53. The van der Waals surface area contributed by atoms with Crippen LogP contribution in [0.1, 0.15) is 32.6 Å². The second-order valence-electron chi connectivity index (χ2n) is 4.92. The van der Waals surface area contributed by atoms with Gasteiger partial charge in [0.1, 0.15) is 5.60 Å². The third kappa shape index (κ3) is 6.29. The molecule has 1 aliphatic carbocycles. The van der Waals surface area contributed by atoms with E-state index in [1.54, 1.807) is 18.7 Å². The van der Waals surface area contributed by atoms with E-state index in [4.69, 9.17) is 4.74 Å². The van der Waals surface area contributed by atoms with Crippen LogP contribution in [0.5, 0.6) is 0 Å². The van der Waals surface area contributed by atoms with Crippen LogP contribution in [-0.2, 0) is 9.53 Å². The Morgan fingerprint density at radius 2 is 2.18 bits per heavy atom. The van der Waals surface area contributed by atoms with Crippen molar-refractivity contribution >= 4 is 17.7 Å². The normalized spacial score (nSPS) is 20.2. The van der Waals surface area contributed by atoms with Crippen molar-refractivity contribution in [3.05, 3.63) is 0 Å². The molecule has 0 aromatic carbocycles. The van der Waals surface area contributed by atoms with Crippen LogP contribution in [0.25, 0.3) is 0 Å². The fraction of sp³-hybridized carbons (Fsp3) is 0.917. The van der Waals surface area contributed by atoms with Crippen molar-refractivity contribution in [2.75, 3.05) is 26.0 Å². The smallest absolute Gasteiger partial charge is 0.230 e. The van der Waals surface area contributed by atoms with E-state index < -0.39 is 5.60 Å². The lowest BCUT2D eigenvalue weighted by Gasteiger charge is -2.22. The SMILES string of the molecule is COC[C@@](C)(O)CNC(=O)CSC1CCCC1. The topological polar surface area (TPSA) is 58.6 Å². The molecule has 0 unspecified atom stereocenters. The zero-order chi connectivity index (χ0) is 12.7. The number of carbonyl (C=O) groups excluding carboxylic acids is 1. The third-order valence-electron chi connectivity index (χ3n) is 2.87. The quantitative estimate of drug-likeness (QED) is 0.722. The molecule has 1 amide bonds. The van der Waals surface area contributed by atoms with Gasteiger partial charge in [-0.1, -0.05) is 12.8 Å². The Hall–Kier alpha value is -0.260. The number of nitrogens with one attached hydrogen (secondary N) is 1. The van der Waals surface area contributed by atoms with E-state index in [2.05, 4.69) is 5.32 Å². The Bertz CT molecular complexity index is 240. The second kappa shape index (κ2) is 7.24. The predicted octanol–water partition coefficient (Wildman–Crippen LogP) is 1.18. The maximum Gasteiger partial charge on any atom is 0.230 e. The molecular weight excluding hydrogens is 238 g/mol. The molecule has 1 aliphatic rings. The lowest BCUT2D eigenvalue weighted by Crippen LogP contribution is -2.44. The lowest BCUT2D eigenvalue weighted by molar-refractivity contribution is -0.120. The van der Waals surface area contributed by atoms with Gasteiger partial charge in [0, 0.05) is 18.9 Å². The summed E-state index contributed by atoms with van der Waals surface area (Å²) >= 11 is 1.73. The van der Waals surface area contributed by atoms with Crippen LogP contribution < -0.4 is 5.32 Å². The molecule has 0 radical (unpaired) electrons. The minimum Gasteiger partial charge on any atom is -0.386 e. The molecule has 0 bridgehead atoms. The summed E-state index contributed by atoms with van der Waals surface area (Å²) in [5.41, 5.74) is -0.984. The summed E-state index contributed by atoms with van der Waals surface area (Å²) in [5.74, 6) is 0.492. The number of hydrogen-bond donors (Lipinski definition) is 2. The predicted molar refractivity (Wildman–Crippen MR) is 70.2 cm³/mol. The van der Waals surface area contributed by atoms with Gasteiger partial charge in [-0.15, -0.1) is 11.8 Å². The molecule has 17 heavy (non-hydrogen) atoms. The van der Waals surface area contributed by atoms with Crippen molar-refractivity contribution in [3.8, 4) is 0 Å². The number of methoxy groups -OCH3 is 1. The van der Waals surface area contributed by atoms with Gasteiger partial charge >= 0.3 is 0 Å². The van der Waals surface area contributed by atoms with Crippen molar-refractivity contribution in [2.24, 2.45) is 0 Å². The number of hydrogen-bond acceptors (Lipinski definition) is 4. The zero-order valence-electron chi connectivity index (χ0n) is 10.7. The molecular formula is C12H23NO3S. The largest absolute Gasteiger partial charge is 0.386 e. The number of ether oxygens (including phenoxy) is 1. The average molecular weight is 261 g/mol. The van der Waals surface area contributed by atoms with Crippen LogP contribution in [0.4, 0.5) is 0 Å². The fourth-order valence-corrected chi connectivity index (χ4v) is 3.11. The summed E-state index contributed by atoms with van der Waals surface area (Å²) in [6, 6.07) is 0. The Morgan fingerprint density at radius 1 is 1.53 bits per heavy atom. The highest BCUT2D eigenvalue weighted by atomic mass is 32.2. The van der Waals surface area contributed by atoms with Crippen LogP contribution in [0, 0.1) is 0 Å². The molecule has 0 heterocycles. The first kappa shape index (κ1) is 14.8. The summed E-state index contributed by atoms with van der Waals surface area (Å²) < 4.78 is 4.87. The third-order valence-corrected chi connectivity index (χ3v) is 4.25. The summed E-state index contributed by atoms with van der Waals surface area (Å²) in [6.07, 6.45) is 5.06. The van der Waals surface area contributed by atoms with E-state index in [1.165, 1.54) is 32.8 Å². The molecule has 0 aromatic heterocycles. The highest BCUT2D eigenvalue weighted by molar-refractivity contribution is 8.00. The molecule has 4 nitrogen and oxygen atoms in total. The first-order chi connectivity index (χ1) is 8.03. The Morgan fingerprint density at radius 3 is 2.76 bits per heavy atom. The Labute approximate surface area is 107 Å². The molecule has 0 spiro atoms. The molecule has 1 rings (SSSR count). The molecule has 0 saturated heterocycles. The van der Waals surface area contributed by atoms with Gasteiger partial charge in [0.25, 0.3) is 0 Å². The number of carbonyl (C=O) groups is 1. The maximum atomic E-state index is 11.6. The number of aliphatic hydroxyl groups is 1. The molecule has 1 fully saturated rings. The highest BCUT2D eigenvalue weighted by Gasteiger charge is 2.21. The fourth-order valence-electron chi connectivity index (χ4n) is 1.95. The Balaban J connectivity index is 2.11. The van der Waals surface area contributed by atoms with Crippen LogP contribution >= 0.6 is 11.8 Å². The average Bonchev–Trinajstić information content (AvgIpc) is 2.76. The van der Waals surface area contributed by atoms with Crippen molar-refractivity contribution in [2.45, 2.75) is 43.5 Å². The minimum absolute atomic E-state index is 0.00159. The van der Waals surface area contributed by atoms with E-state index in [0.717, 1.165) is 0 Å². The van der Waals surface area contributed by atoms with E-state index in [9.17, 15) is 9.90 Å². The monoisotopic (exact) mass is 261 g/mol. The number of amides is 1. The van der Waals surface area contributed by atoms with Crippen LogP contribution in [0.3, 0.4) is 0 Å². The second-order valence-corrected chi connectivity index (χ2v) is 6.21. The van der Waals surface area contributed by atoms with Crippen molar-refractivity contribution in [1.82, 2.24) is 5.32 Å². The van der Waals surface area contributed by atoms with Gasteiger partial charge in [0.2, 0.25) is 5.91 Å². The van der Waals surface area contributed by atoms with Crippen LogP contribution in [0.2, 0.25) is 0 Å². The van der Waals surface area contributed by atoms with E-state index in [-0.39, 0.29) is 19.1 Å². The standard InChI is InChI=1S/C12H23NO3S/c1-12(15,9-16-2)8-13-11(14)7-17-10-5-3-4-6-10/h10,15H,3-9H2,1-2H3,(H,13,14)/t12-/m0/s1. The van der Waals surface area contributed by atoms with Gasteiger partial charge in [-0.3, -0.25) is 4.79 Å².